The number of likely N-dealkylation sites (tertiary alicyclic amines) is 1. The standard InChI is InChI=1S/C20H25N5O2/c1-14-16-11-27-13-20(17(16)23-18(21-14)24(2)3)9-10-25(12-20)19(26)22-15-7-5-4-6-8-15/h4-8H,9-13H2,1-3H3,(H,22,26). The number of carbonyl (C=O) groups excluding carboxylic acids is 1. The number of nitrogens with zero attached hydrogens (tertiary/aromatic N) is 4. The van der Waals surface area contributed by atoms with Crippen LogP contribution in [0.1, 0.15) is 23.4 Å². The molecule has 0 radical (unpaired) electrons. The van der Waals surface area contributed by atoms with Crippen LogP contribution < -0.4 is 10.2 Å². The van der Waals surface area contributed by atoms with Gasteiger partial charge in [-0.3, -0.25) is 0 Å². The van der Waals surface area contributed by atoms with E-state index < -0.39 is 0 Å². The van der Waals surface area contributed by atoms with Gasteiger partial charge in [0.25, 0.3) is 0 Å². The molecule has 1 unspecified atom stereocenters. The van der Waals surface area contributed by atoms with Crippen LogP contribution in [0.3, 0.4) is 0 Å². The van der Waals surface area contributed by atoms with Crippen LogP contribution in [0, 0.1) is 6.92 Å². The predicted molar refractivity (Wildman–Crippen MR) is 104 cm³/mol. The van der Waals surface area contributed by atoms with Gasteiger partial charge in [0.15, 0.2) is 0 Å². The highest BCUT2D eigenvalue weighted by Crippen LogP contribution is 2.40. The molecule has 0 saturated carbocycles. The van der Waals surface area contributed by atoms with E-state index >= 15 is 0 Å². The molecule has 27 heavy (non-hydrogen) atoms. The number of anilines is 2. The Balaban J connectivity index is 1.60. The zero-order valence-corrected chi connectivity index (χ0v) is 16.0. The Morgan fingerprint density at radius 1 is 1.26 bits per heavy atom. The maximum atomic E-state index is 12.7. The summed E-state index contributed by atoms with van der Waals surface area (Å²) >= 11 is 0. The van der Waals surface area contributed by atoms with Gasteiger partial charge >= 0.3 is 6.03 Å². The zero-order chi connectivity index (χ0) is 19.0. The van der Waals surface area contributed by atoms with Crippen LogP contribution >= 0.6 is 0 Å². The lowest BCUT2D eigenvalue weighted by Crippen LogP contribution is -2.43. The Labute approximate surface area is 159 Å². The maximum Gasteiger partial charge on any atom is 0.321 e. The fraction of sp³-hybridized carbons (Fsp3) is 0.450. The normalized spacial score (nSPS) is 21.2. The van der Waals surface area contributed by atoms with Crippen molar-refractivity contribution in [2.75, 3.05) is 44.0 Å². The minimum absolute atomic E-state index is 0.0798. The molecule has 142 valence electrons. The molecule has 1 N–H and O–H groups in total. The van der Waals surface area contributed by atoms with Gasteiger partial charge in [-0.15, -0.1) is 0 Å². The summed E-state index contributed by atoms with van der Waals surface area (Å²) in [4.78, 5) is 26.0. The van der Waals surface area contributed by atoms with Crippen LogP contribution in [-0.4, -0.2) is 54.7 Å². The molecule has 1 saturated heterocycles. The summed E-state index contributed by atoms with van der Waals surface area (Å²) < 4.78 is 5.91. The van der Waals surface area contributed by atoms with Crippen molar-refractivity contribution >= 4 is 17.7 Å². The number of para-hydroxylation sites is 1. The van der Waals surface area contributed by atoms with E-state index in [1.54, 1.807) is 0 Å². The number of nitrogens with one attached hydrogen (secondary N) is 1. The molecule has 2 aliphatic heterocycles. The van der Waals surface area contributed by atoms with Crippen LogP contribution in [0.15, 0.2) is 30.3 Å². The van der Waals surface area contributed by atoms with Gasteiger partial charge in [-0.25, -0.2) is 14.8 Å². The number of hydrogen-bond acceptors (Lipinski definition) is 5. The van der Waals surface area contributed by atoms with Gasteiger partial charge in [0.05, 0.1) is 24.3 Å². The van der Waals surface area contributed by atoms with Crippen molar-refractivity contribution in [3.8, 4) is 0 Å². The topological polar surface area (TPSA) is 70.6 Å². The first-order valence-electron chi connectivity index (χ1n) is 9.22. The van der Waals surface area contributed by atoms with Crippen LogP contribution in [0.5, 0.6) is 0 Å². The number of ether oxygens (including phenoxy) is 1. The smallest absolute Gasteiger partial charge is 0.321 e. The predicted octanol–water partition coefficient (Wildman–Crippen LogP) is 2.56. The number of aromatic nitrogens is 2. The SMILES string of the molecule is Cc1nc(N(C)C)nc2c1COCC21CCN(C(=O)Nc2ccccc2)C1. The average Bonchev–Trinajstić information content (AvgIpc) is 3.08. The van der Waals surface area contributed by atoms with Crippen molar-refractivity contribution in [3.63, 3.8) is 0 Å². The fourth-order valence-corrected chi connectivity index (χ4v) is 3.89. The summed E-state index contributed by atoms with van der Waals surface area (Å²) in [6.45, 7) is 4.40. The molecule has 3 heterocycles. The van der Waals surface area contributed by atoms with Gasteiger partial charge in [-0.1, -0.05) is 18.2 Å². The molecule has 1 aromatic carbocycles. The molecule has 1 atom stereocenters. The molecule has 1 aromatic heterocycles. The Hall–Kier alpha value is -2.67. The van der Waals surface area contributed by atoms with Gasteiger partial charge in [0, 0.05) is 44.1 Å². The zero-order valence-electron chi connectivity index (χ0n) is 16.0. The summed E-state index contributed by atoms with van der Waals surface area (Å²) in [5, 5.41) is 2.98. The van der Waals surface area contributed by atoms with Crippen molar-refractivity contribution in [2.45, 2.75) is 25.4 Å². The summed E-state index contributed by atoms with van der Waals surface area (Å²) in [6, 6.07) is 9.46. The lowest BCUT2D eigenvalue weighted by molar-refractivity contribution is 0.0516. The number of fused-ring (bicyclic) bond motifs is 2. The summed E-state index contributed by atoms with van der Waals surface area (Å²) in [7, 11) is 3.89. The molecule has 0 aliphatic carbocycles. The lowest BCUT2D eigenvalue weighted by atomic mass is 9.80. The Bertz CT molecular complexity index is 855. The molecular weight excluding hydrogens is 342 g/mol. The number of amides is 2. The minimum Gasteiger partial charge on any atom is -0.376 e. The van der Waals surface area contributed by atoms with Crippen molar-refractivity contribution in [2.24, 2.45) is 0 Å². The molecule has 2 amide bonds. The number of rotatable bonds is 2. The van der Waals surface area contributed by atoms with Gasteiger partial charge in [0.1, 0.15) is 0 Å². The molecule has 7 nitrogen and oxygen atoms in total. The average molecular weight is 367 g/mol. The first-order chi connectivity index (χ1) is 13.0. The van der Waals surface area contributed by atoms with Crippen molar-refractivity contribution in [3.05, 3.63) is 47.3 Å². The maximum absolute atomic E-state index is 12.7. The first kappa shape index (κ1) is 17.7. The van der Waals surface area contributed by atoms with Crippen molar-refractivity contribution in [1.29, 1.82) is 0 Å². The van der Waals surface area contributed by atoms with E-state index in [-0.39, 0.29) is 11.4 Å². The molecule has 2 aliphatic rings. The minimum atomic E-state index is -0.264. The number of aryl methyl sites for hydroxylation is 1. The third-order valence-electron chi connectivity index (χ3n) is 5.40. The Kier molecular flexibility index (Phi) is 4.47. The van der Waals surface area contributed by atoms with E-state index in [0.29, 0.717) is 32.3 Å². The van der Waals surface area contributed by atoms with Crippen LogP contribution in [0.4, 0.5) is 16.4 Å². The second-order valence-corrected chi connectivity index (χ2v) is 7.57. The van der Waals surface area contributed by atoms with Crippen LogP contribution in [0.2, 0.25) is 0 Å². The van der Waals surface area contributed by atoms with E-state index in [2.05, 4.69) is 10.3 Å². The number of carbonyl (C=O) groups is 1. The molecule has 1 fully saturated rings. The molecule has 4 rings (SSSR count). The quantitative estimate of drug-likeness (QED) is 0.883. The molecule has 2 aromatic rings. The third-order valence-corrected chi connectivity index (χ3v) is 5.40. The lowest BCUT2D eigenvalue weighted by Gasteiger charge is -2.35. The molecule has 0 bridgehead atoms. The number of urea groups is 1. The Morgan fingerprint density at radius 3 is 2.78 bits per heavy atom. The monoisotopic (exact) mass is 367 g/mol. The molecule has 1 spiro atoms. The van der Waals surface area contributed by atoms with Crippen molar-refractivity contribution in [1.82, 2.24) is 14.9 Å². The summed E-state index contributed by atoms with van der Waals surface area (Å²) in [6.07, 6.45) is 0.839. The van der Waals surface area contributed by atoms with E-state index in [1.807, 2.05) is 61.2 Å². The largest absolute Gasteiger partial charge is 0.376 e. The third kappa shape index (κ3) is 3.23. The Morgan fingerprint density at radius 2 is 2.04 bits per heavy atom. The van der Waals surface area contributed by atoms with Crippen LogP contribution in [-0.2, 0) is 16.8 Å². The second-order valence-electron chi connectivity index (χ2n) is 7.57. The van der Waals surface area contributed by atoms with Crippen LogP contribution in [0.25, 0.3) is 0 Å². The van der Waals surface area contributed by atoms with E-state index in [4.69, 9.17) is 9.72 Å². The molecule has 7 heteroatoms. The highest BCUT2D eigenvalue weighted by atomic mass is 16.5. The molecular formula is C20H25N5O2. The van der Waals surface area contributed by atoms with E-state index in [1.165, 1.54) is 0 Å². The van der Waals surface area contributed by atoms with Crippen molar-refractivity contribution < 1.29 is 9.53 Å². The second kappa shape index (κ2) is 6.81. The van der Waals surface area contributed by atoms with Gasteiger partial charge in [-0.2, -0.15) is 0 Å². The highest BCUT2D eigenvalue weighted by Gasteiger charge is 2.46. The van der Waals surface area contributed by atoms with Gasteiger partial charge in [-0.05, 0) is 25.5 Å². The number of hydrogen-bond donors (Lipinski definition) is 1. The summed E-state index contributed by atoms with van der Waals surface area (Å²) in [5.74, 6) is 0.708. The first-order valence-corrected chi connectivity index (χ1v) is 9.22. The van der Waals surface area contributed by atoms with Gasteiger partial charge in [0.2, 0.25) is 5.95 Å². The van der Waals surface area contributed by atoms with E-state index in [9.17, 15) is 4.79 Å². The number of benzene rings is 1. The van der Waals surface area contributed by atoms with Gasteiger partial charge < -0.3 is 19.9 Å². The highest BCUT2D eigenvalue weighted by molar-refractivity contribution is 5.89. The van der Waals surface area contributed by atoms with E-state index in [0.717, 1.165) is 29.1 Å². The fourth-order valence-electron chi connectivity index (χ4n) is 3.89. The summed E-state index contributed by atoms with van der Waals surface area (Å²) in [5.41, 5.74) is 3.60.